The predicted molar refractivity (Wildman–Crippen MR) is 107 cm³/mol. The molecular formula is C19H14BrN3O2S. The van der Waals surface area contributed by atoms with Gasteiger partial charge in [-0.3, -0.25) is 14.6 Å². The highest BCUT2D eigenvalue weighted by molar-refractivity contribution is 9.10. The van der Waals surface area contributed by atoms with Crippen molar-refractivity contribution in [1.82, 2.24) is 10.3 Å². The molecule has 0 aliphatic rings. The van der Waals surface area contributed by atoms with Gasteiger partial charge in [-0.15, -0.1) is 11.3 Å². The Morgan fingerprint density at radius 1 is 1.12 bits per heavy atom. The SMILES string of the molecule is O=C(Nc1cccc(Br)c1)C(=Cc1cccnc1)NC(=O)c1cccs1. The zero-order chi connectivity index (χ0) is 18.4. The number of carbonyl (C=O) groups excluding carboxylic acids is 2. The van der Waals surface area contributed by atoms with Crippen molar-refractivity contribution in [3.63, 3.8) is 0 Å². The second-order valence-electron chi connectivity index (χ2n) is 5.24. The van der Waals surface area contributed by atoms with Gasteiger partial charge in [-0.1, -0.05) is 34.1 Å². The van der Waals surface area contributed by atoms with E-state index in [1.54, 1.807) is 60.2 Å². The van der Waals surface area contributed by atoms with Gasteiger partial charge >= 0.3 is 0 Å². The monoisotopic (exact) mass is 427 g/mol. The largest absolute Gasteiger partial charge is 0.321 e. The van der Waals surface area contributed by atoms with Crippen molar-refractivity contribution in [1.29, 1.82) is 0 Å². The molecule has 2 heterocycles. The summed E-state index contributed by atoms with van der Waals surface area (Å²) >= 11 is 4.67. The summed E-state index contributed by atoms with van der Waals surface area (Å²) in [4.78, 5) is 29.6. The molecule has 26 heavy (non-hydrogen) atoms. The van der Waals surface area contributed by atoms with E-state index in [0.717, 1.165) is 4.47 Å². The van der Waals surface area contributed by atoms with Crippen LogP contribution in [-0.4, -0.2) is 16.8 Å². The standard InChI is InChI=1S/C19H14BrN3O2S/c20-14-5-1-6-15(11-14)22-18(24)16(10-13-4-2-8-21-12-13)23-19(25)17-7-3-9-26-17/h1-12H,(H,22,24)(H,23,25). The van der Waals surface area contributed by atoms with Crippen molar-refractivity contribution < 1.29 is 9.59 Å². The zero-order valence-corrected chi connectivity index (χ0v) is 15.9. The Hall–Kier alpha value is -2.77. The van der Waals surface area contributed by atoms with Gasteiger partial charge in [0.15, 0.2) is 0 Å². The van der Waals surface area contributed by atoms with Crippen molar-refractivity contribution in [2.24, 2.45) is 0 Å². The molecule has 0 saturated heterocycles. The van der Waals surface area contributed by atoms with Gasteiger partial charge in [0.2, 0.25) is 0 Å². The summed E-state index contributed by atoms with van der Waals surface area (Å²) in [6, 6.07) is 14.3. The van der Waals surface area contributed by atoms with Crippen LogP contribution in [0.1, 0.15) is 15.2 Å². The molecule has 2 aromatic heterocycles. The van der Waals surface area contributed by atoms with Crippen molar-refractivity contribution in [3.05, 3.63) is 86.9 Å². The summed E-state index contributed by atoms with van der Waals surface area (Å²) in [5.74, 6) is -0.753. The molecule has 0 bridgehead atoms. The van der Waals surface area contributed by atoms with Crippen LogP contribution in [0, 0.1) is 0 Å². The number of aromatic nitrogens is 1. The van der Waals surface area contributed by atoms with E-state index >= 15 is 0 Å². The topological polar surface area (TPSA) is 71.1 Å². The van der Waals surface area contributed by atoms with Crippen LogP contribution in [0.25, 0.3) is 6.08 Å². The van der Waals surface area contributed by atoms with Gasteiger partial charge in [-0.2, -0.15) is 0 Å². The van der Waals surface area contributed by atoms with Gasteiger partial charge in [0.1, 0.15) is 5.70 Å². The zero-order valence-electron chi connectivity index (χ0n) is 13.5. The van der Waals surface area contributed by atoms with Gasteiger partial charge in [0.25, 0.3) is 11.8 Å². The smallest absolute Gasteiger partial charge is 0.272 e. The number of hydrogen-bond donors (Lipinski definition) is 2. The molecule has 1 aromatic carbocycles. The Kier molecular flexibility index (Phi) is 5.93. The highest BCUT2D eigenvalue weighted by Crippen LogP contribution is 2.17. The fraction of sp³-hybridized carbons (Fsp3) is 0. The van der Waals surface area contributed by atoms with Crippen LogP contribution in [0.4, 0.5) is 5.69 Å². The van der Waals surface area contributed by atoms with Gasteiger partial charge in [0, 0.05) is 22.6 Å². The fourth-order valence-electron chi connectivity index (χ4n) is 2.14. The summed E-state index contributed by atoms with van der Waals surface area (Å²) in [7, 11) is 0. The lowest BCUT2D eigenvalue weighted by atomic mass is 10.2. The Morgan fingerprint density at radius 3 is 2.69 bits per heavy atom. The third kappa shape index (κ3) is 4.87. The van der Waals surface area contributed by atoms with E-state index < -0.39 is 5.91 Å². The van der Waals surface area contributed by atoms with Crippen LogP contribution >= 0.6 is 27.3 Å². The number of hydrogen-bond acceptors (Lipinski definition) is 4. The van der Waals surface area contributed by atoms with Crippen LogP contribution in [0.5, 0.6) is 0 Å². The quantitative estimate of drug-likeness (QED) is 0.595. The molecule has 7 heteroatoms. The number of thiophene rings is 1. The lowest BCUT2D eigenvalue weighted by Gasteiger charge is -2.11. The predicted octanol–water partition coefficient (Wildman–Crippen LogP) is 4.32. The average molecular weight is 428 g/mol. The summed E-state index contributed by atoms with van der Waals surface area (Å²) in [6.45, 7) is 0. The number of halogens is 1. The van der Waals surface area contributed by atoms with E-state index in [-0.39, 0.29) is 11.6 Å². The second kappa shape index (κ2) is 8.55. The highest BCUT2D eigenvalue weighted by atomic mass is 79.9. The molecule has 0 spiro atoms. The molecule has 0 unspecified atom stereocenters. The van der Waals surface area contributed by atoms with Crippen LogP contribution in [0.3, 0.4) is 0 Å². The Labute approximate surface area is 162 Å². The maximum absolute atomic E-state index is 12.7. The third-order valence-corrected chi connectivity index (χ3v) is 4.68. The minimum atomic E-state index is -0.420. The molecular weight excluding hydrogens is 414 g/mol. The van der Waals surface area contributed by atoms with Gasteiger partial charge < -0.3 is 10.6 Å². The van der Waals surface area contributed by atoms with Crippen LogP contribution in [-0.2, 0) is 4.79 Å². The maximum atomic E-state index is 12.7. The number of rotatable bonds is 5. The molecule has 0 radical (unpaired) electrons. The van der Waals surface area contributed by atoms with Crippen LogP contribution < -0.4 is 10.6 Å². The summed E-state index contributed by atoms with van der Waals surface area (Å²) in [6.07, 6.45) is 4.85. The number of benzene rings is 1. The third-order valence-electron chi connectivity index (χ3n) is 3.32. The molecule has 130 valence electrons. The normalized spacial score (nSPS) is 11.0. The first-order chi connectivity index (χ1) is 12.6. The van der Waals surface area contributed by atoms with E-state index in [9.17, 15) is 9.59 Å². The number of carbonyl (C=O) groups is 2. The summed E-state index contributed by atoms with van der Waals surface area (Å²) < 4.78 is 0.843. The molecule has 0 aliphatic heterocycles. The number of nitrogens with one attached hydrogen (secondary N) is 2. The molecule has 2 N–H and O–H groups in total. The minimum Gasteiger partial charge on any atom is -0.321 e. The van der Waals surface area contributed by atoms with Gasteiger partial charge in [0.05, 0.1) is 4.88 Å². The number of amides is 2. The van der Waals surface area contributed by atoms with E-state index in [1.165, 1.54) is 11.3 Å². The summed E-state index contributed by atoms with van der Waals surface area (Å²) in [5, 5.41) is 7.27. The molecule has 5 nitrogen and oxygen atoms in total. The van der Waals surface area contributed by atoms with Crippen molar-refractivity contribution >= 4 is 50.8 Å². The van der Waals surface area contributed by atoms with Gasteiger partial charge in [-0.05, 0) is 47.4 Å². The lowest BCUT2D eigenvalue weighted by Crippen LogP contribution is -2.30. The van der Waals surface area contributed by atoms with Crippen LogP contribution in [0.2, 0.25) is 0 Å². The molecule has 0 atom stereocenters. The van der Waals surface area contributed by atoms with E-state index in [2.05, 4.69) is 31.5 Å². The summed E-state index contributed by atoms with van der Waals surface area (Å²) in [5.41, 5.74) is 1.46. The molecule has 0 fully saturated rings. The van der Waals surface area contributed by atoms with Crippen molar-refractivity contribution in [3.8, 4) is 0 Å². The maximum Gasteiger partial charge on any atom is 0.272 e. The van der Waals surface area contributed by atoms with Crippen LogP contribution in [0.15, 0.2) is 76.5 Å². The minimum absolute atomic E-state index is 0.136. The van der Waals surface area contributed by atoms with Crippen molar-refractivity contribution in [2.45, 2.75) is 0 Å². The first-order valence-electron chi connectivity index (χ1n) is 7.65. The van der Waals surface area contributed by atoms with E-state index in [4.69, 9.17) is 0 Å². The first-order valence-corrected chi connectivity index (χ1v) is 9.32. The molecule has 2 amide bonds. The Morgan fingerprint density at radius 2 is 2.00 bits per heavy atom. The Bertz CT molecular complexity index is 940. The molecule has 0 saturated carbocycles. The molecule has 3 rings (SSSR count). The fourth-order valence-corrected chi connectivity index (χ4v) is 3.16. The lowest BCUT2D eigenvalue weighted by molar-refractivity contribution is -0.113. The van der Waals surface area contributed by atoms with Gasteiger partial charge in [-0.25, -0.2) is 0 Å². The second-order valence-corrected chi connectivity index (χ2v) is 7.10. The number of pyridine rings is 1. The Balaban J connectivity index is 1.85. The van der Waals surface area contributed by atoms with E-state index in [1.807, 2.05) is 12.1 Å². The first kappa shape index (κ1) is 18.0. The average Bonchev–Trinajstić information content (AvgIpc) is 3.17. The molecule has 0 aliphatic carbocycles. The highest BCUT2D eigenvalue weighted by Gasteiger charge is 2.15. The molecule has 3 aromatic rings. The number of nitrogens with zero attached hydrogens (tertiary/aromatic N) is 1. The van der Waals surface area contributed by atoms with E-state index in [0.29, 0.717) is 16.1 Å². The van der Waals surface area contributed by atoms with Crippen molar-refractivity contribution in [2.75, 3.05) is 5.32 Å². The number of anilines is 1.